The zero-order chi connectivity index (χ0) is 16.2. The summed E-state index contributed by atoms with van der Waals surface area (Å²) in [6.07, 6.45) is 4.86. The van der Waals surface area contributed by atoms with Crippen molar-refractivity contribution >= 4 is 0 Å². The summed E-state index contributed by atoms with van der Waals surface area (Å²) in [4.78, 5) is 6.63. The van der Waals surface area contributed by atoms with Crippen LogP contribution >= 0.6 is 0 Å². The highest BCUT2D eigenvalue weighted by atomic mass is 19.1. The summed E-state index contributed by atoms with van der Waals surface area (Å²) >= 11 is 0. The summed E-state index contributed by atoms with van der Waals surface area (Å²) in [7, 11) is 0. The van der Waals surface area contributed by atoms with Gasteiger partial charge in [0.2, 0.25) is 0 Å². The van der Waals surface area contributed by atoms with Gasteiger partial charge in [0.1, 0.15) is 11.6 Å². The fourth-order valence-electron chi connectivity index (χ4n) is 3.35. The highest BCUT2D eigenvalue weighted by Crippen LogP contribution is 2.24. The van der Waals surface area contributed by atoms with Gasteiger partial charge in [-0.05, 0) is 43.9 Å². The molecule has 3 rings (SSSR count). The van der Waals surface area contributed by atoms with Gasteiger partial charge in [-0.15, -0.1) is 0 Å². The molecule has 4 nitrogen and oxygen atoms in total. The van der Waals surface area contributed by atoms with E-state index in [9.17, 15) is 9.50 Å². The van der Waals surface area contributed by atoms with Gasteiger partial charge in [0.15, 0.2) is 0 Å². The first-order chi connectivity index (χ1) is 11.2. The molecule has 1 aliphatic rings. The Hall–Kier alpha value is -1.72. The Balaban J connectivity index is 1.58. The van der Waals surface area contributed by atoms with E-state index in [1.165, 1.54) is 6.07 Å². The molecule has 0 radical (unpaired) electrons. The highest BCUT2D eigenvalue weighted by molar-refractivity contribution is 5.18. The molecule has 1 N–H and O–H groups in total. The molecular weight excluding hydrogens is 293 g/mol. The molecule has 2 atom stereocenters. The van der Waals surface area contributed by atoms with Crippen molar-refractivity contribution in [3.63, 3.8) is 0 Å². The lowest BCUT2D eigenvalue weighted by atomic mass is 9.87. The van der Waals surface area contributed by atoms with Crippen LogP contribution in [0.4, 0.5) is 4.39 Å². The Morgan fingerprint density at radius 2 is 2.17 bits per heavy atom. The summed E-state index contributed by atoms with van der Waals surface area (Å²) in [6.45, 7) is 5.29. The smallest absolute Gasteiger partial charge is 0.126 e. The van der Waals surface area contributed by atoms with Gasteiger partial charge in [-0.1, -0.05) is 18.2 Å². The van der Waals surface area contributed by atoms with Crippen molar-refractivity contribution in [1.82, 2.24) is 14.5 Å². The minimum Gasteiger partial charge on any atom is -0.391 e. The molecule has 1 aliphatic heterocycles. The average Bonchev–Trinajstić information content (AvgIpc) is 2.99. The quantitative estimate of drug-likeness (QED) is 0.921. The monoisotopic (exact) mass is 317 g/mol. The summed E-state index contributed by atoms with van der Waals surface area (Å²) < 4.78 is 15.9. The topological polar surface area (TPSA) is 41.3 Å². The second-order valence-corrected chi connectivity index (χ2v) is 6.28. The fourth-order valence-corrected chi connectivity index (χ4v) is 3.35. The third kappa shape index (κ3) is 3.79. The Bertz CT molecular complexity index is 643. The lowest BCUT2D eigenvalue weighted by molar-refractivity contribution is 0.0172. The van der Waals surface area contributed by atoms with Gasteiger partial charge < -0.3 is 9.67 Å². The van der Waals surface area contributed by atoms with Crippen molar-refractivity contribution in [2.75, 3.05) is 13.1 Å². The molecule has 0 saturated carbocycles. The van der Waals surface area contributed by atoms with Crippen LogP contribution in [0.1, 0.15) is 24.7 Å². The Labute approximate surface area is 136 Å². The number of aliphatic hydroxyl groups is 1. The molecule has 0 amide bonds. The molecule has 124 valence electrons. The fraction of sp³-hybridized carbons (Fsp3) is 0.500. The maximum absolute atomic E-state index is 13.8. The second-order valence-electron chi connectivity index (χ2n) is 6.28. The number of piperidine rings is 1. The molecule has 0 unspecified atom stereocenters. The Morgan fingerprint density at radius 1 is 1.35 bits per heavy atom. The molecule has 0 spiro atoms. The third-order valence-corrected chi connectivity index (χ3v) is 4.75. The van der Waals surface area contributed by atoms with Crippen molar-refractivity contribution in [2.24, 2.45) is 5.92 Å². The Kier molecular flexibility index (Phi) is 5.08. The maximum atomic E-state index is 13.8. The van der Waals surface area contributed by atoms with E-state index in [0.29, 0.717) is 18.5 Å². The molecule has 1 aromatic carbocycles. The number of halogens is 1. The number of hydrogen-bond acceptors (Lipinski definition) is 3. The molecule has 0 bridgehead atoms. The van der Waals surface area contributed by atoms with Crippen LogP contribution in [0.3, 0.4) is 0 Å². The van der Waals surface area contributed by atoms with Crippen LogP contribution in [0.25, 0.3) is 0 Å². The van der Waals surface area contributed by atoms with Crippen LogP contribution in [0, 0.1) is 11.7 Å². The average molecular weight is 317 g/mol. The minimum atomic E-state index is -0.423. The van der Waals surface area contributed by atoms with E-state index < -0.39 is 6.10 Å². The van der Waals surface area contributed by atoms with Crippen LogP contribution in [0.5, 0.6) is 0 Å². The summed E-state index contributed by atoms with van der Waals surface area (Å²) in [6, 6.07) is 6.85. The molecule has 2 aromatic rings. The number of aryl methyl sites for hydroxylation is 1. The van der Waals surface area contributed by atoms with Crippen molar-refractivity contribution in [3.8, 4) is 0 Å². The molecule has 1 saturated heterocycles. The van der Waals surface area contributed by atoms with E-state index in [4.69, 9.17) is 0 Å². The van der Waals surface area contributed by atoms with Crippen molar-refractivity contribution < 1.29 is 9.50 Å². The van der Waals surface area contributed by atoms with Gasteiger partial charge in [-0.2, -0.15) is 0 Å². The molecular formula is C18H24FN3O. The molecule has 1 fully saturated rings. The first-order valence-corrected chi connectivity index (χ1v) is 8.31. The summed E-state index contributed by atoms with van der Waals surface area (Å²) in [5.41, 5.74) is 0.700. The van der Waals surface area contributed by atoms with E-state index in [0.717, 1.165) is 31.9 Å². The van der Waals surface area contributed by atoms with E-state index in [2.05, 4.69) is 21.4 Å². The van der Waals surface area contributed by atoms with Gasteiger partial charge in [0.25, 0.3) is 0 Å². The lowest BCUT2D eigenvalue weighted by Gasteiger charge is -2.36. The third-order valence-electron chi connectivity index (χ3n) is 4.75. The predicted molar refractivity (Wildman–Crippen MR) is 87.4 cm³/mol. The van der Waals surface area contributed by atoms with Crippen molar-refractivity contribution in [1.29, 1.82) is 0 Å². The van der Waals surface area contributed by atoms with Crippen molar-refractivity contribution in [2.45, 2.75) is 39.0 Å². The normalized spacial score (nSPS) is 22.4. The predicted octanol–water partition coefficient (Wildman–Crippen LogP) is 2.47. The zero-order valence-electron chi connectivity index (χ0n) is 13.5. The number of aromatic nitrogens is 2. The molecule has 1 aromatic heterocycles. The first-order valence-electron chi connectivity index (χ1n) is 8.31. The molecule has 23 heavy (non-hydrogen) atoms. The highest BCUT2D eigenvalue weighted by Gasteiger charge is 2.28. The van der Waals surface area contributed by atoms with Gasteiger partial charge >= 0.3 is 0 Å². The summed E-state index contributed by atoms with van der Waals surface area (Å²) in [5.74, 6) is 0.980. The van der Waals surface area contributed by atoms with Crippen LogP contribution in [-0.4, -0.2) is 38.8 Å². The first kappa shape index (κ1) is 16.1. The summed E-state index contributed by atoms with van der Waals surface area (Å²) in [5, 5.41) is 10.5. The van der Waals surface area contributed by atoms with Crippen LogP contribution < -0.4 is 0 Å². The SMILES string of the molecule is CCn1ccnc1CN1CC[C@H](Cc2ccccc2F)[C@@H](O)C1. The number of imidazole rings is 1. The van der Waals surface area contributed by atoms with Crippen molar-refractivity contribution in [3.05, 3.63) is 53.9 Å². The number of nitrogens with zero attached hydrogens (tertiary/aromatic N) is 3. The molecule has 0 aliphatic carbocycles. The number of hydrogen-bond donors (Lipinski definition) is 1. The standard InChI is InChI=1S/C18H24FN3O/c1-2-22-10-8-20-18(22)13-21-9-7-15(17(23)12-21)11-14-5-3-4-6-16(14)19/h3-6,8,10,15,17,23H,2,7,9,11-13H2,1H3/t15-,17+/m1/s1. The Morgan fingerprint density at radius 3 is 2.91 bits per heavy atom. The van der Waals surface area contributed by atoms with Crippen LogP contribution in [0.2, 0.25) is 0 Å². The van der Waals surface area contributed by atoms with Gasteiger partial charge in [-0.3, -0.25) is 4.90 Å². The minimum absolute atomic E-state index is 0.120. The van der Waals surface area contributed by atoms with Gasteiger partial charge in [-0.25, -0.2) is 9.37 Å². The van der Waals surface area contributed by atoms with E-state index in [1.54, 1.807) is 6.07 Å². The number of benzene rings is 1. The molecule has 5 heteroatoms. The van der Waals surface area contributed by atoms with Gasteiger partial charge in [0.05, 0.1) is 12.6 Å². The lowest BCUT2D eigenvalue weighted by Crippen LogP contribution is -2.44. The van der Waals surface area contributed by atoms with E-state index in [-0.39, 0.29) is 11.7 Å². The zero-order valence-corrected chi connectivity index (χ0v) is 13.5. The maximum Gasteiger partial charge on any atom is 0.126 e. The number of aliphatic hydroxyl groups excluding tert-OH is 1. The second kappa shape index (κ2) is 7.23. The molecule has 2 heterocycles. The van der Waals surface area contributed by atoms with Crippen LogP contribution in [-0.2, 0) is 19.5 Å². The number of β-amino-alcohol motifs (C(OH)–C–C–N with tert-alkyl or cyclic N) is 1. The van der Waals surface area contributed by atoms with Crippen LogP contribution in [0.15, 0.2) is 36.7 Å². The van der Waals surface area contributed by atoms with E-state index in [1.807, 2.05) is 24.5 Å². The largest absolute Gasteiger partial charge is 0.391 e. The number of likely N-dealkylation sites (tertiary alicyclic amines) is 1. The number of rotatable bonds is 5. The van der Waals surface area contributed by atoms with E-state index >= 15 is 0 Å². The van der Waals surface area contributed by atoms with Gasteiger partial charge in [0, 0.05) is 25.5 Å².